The first-order valence-corrected chi connectivity index (χ1v) is 10.9. The lowest BCUT2D eigenvalue weighted by molar-refractivity contribution is -0.113. The number of rotatable bonds is 7. The Bertz CT molecular complexity index is 1250. The van der Waals surface area contributed by atoms with Crippen LogP contribution in [0, 0.1) is 20.8 Å². The molecule has 32 heavy (non-hydrogen) atoms. The fourth-order valence-corrected chi connectivity index (χ4v) is 3.98. The van der Waals surface area contributed by atoms with E-state index in [0.29, 0.717) is 22.3 Å². The molecule has 2 heterocycles. The molecule has 0 aliphatic rings. The highest BCUT2D eigenvalue weighted by molar-refractivity contribution is 7.99. The highest BCUT2D eigenvalue weighted by Gasteiger charge is 2.18. The Kier molecular flexibility index (Phi) is 6.22. The summed E-state index contributed by atoms with van der Waals surface area (Å²) >= 11 is 1.24. The van der Waals surface area contributed by atoms with Crippen molar-refractivity contribution in [3.63, 3.8) is 0 Å². The van der Waals surface area contributed by atoms with Crippen LogP contribution in [-0.4, -0.2) is 48.8 Å². The number of methoxy groups -OCH3 is 1. The number of thioether (sulfide) groups is 1. The third-order valence-corrected chi connectivity index (χ3v) is 5.84. The molecule has 0 saturated heterocycles. The number of aryl methyl sites for hydroxylation is 2. The van der Waals surface area contributed by atoms with Gasteiger partial charge in [0, 0.05) is 0 Å². The Hall–Kier alpha value is -3.66. The van der Waals surface area contributed by atoms with Crippen LogP contribution in [0.25, 0.3) is 11.4 Å². The molecule has 1 N–H and O–H groups in total. The molecule has 0 spiro atoms. The number of tetrazole rings is 1. The topological polar surface area (TPSA) is 99.8 Å². The Morgan fingerprint density at radius 1 is 1.06 bits per heavy atom. The number of anilines is 1. The molecule has 2 aromatic heterocycles. The van der Waals surface area contributed by atoms with Crippen LogP contribution in [-0.2, 0) is 4.79 Å². The number of para-hydroxylation sites is 2. The normalized spacial score (nSPS) is 10.9. The van der Waals surface area contributed by atoms with Crippen molar-refractivity contribution >= 4 is 23.4 Å². The summed E-state index contributed by atoms with van der Waals surface area (Å²) in [5.74, 6) is 0.615. The van der Waals surface area contributed by atoms with E-state index in [9.17, 15) is 4.79 Å². The first-order valence-electron chi connectivity index (χ1n) is 9.95. The fraction of sp³-hybridized carbons (Fsp3) is 0.227. The van der Waals surface area contributed by atoms with Crippen molar-refractivity contribution in [1.82, 2.24) is 30.0 Å². The van der Waals surface area contributed by atoms with Gasteiger partial charge in [-0.25, -0.2) is 4.68 Å². The standard InChI is InChI=1S/C22H23N7O2S/c1-14-9-11-17(12-10-14)28-16(3)21(15(2)25-28)23-20(30)13-32-22-24-26-27-29(22)18-7-5-6-8-19(18)31-4/h5-12H,13H2,1-4H3,(H,23,30). The monoisotopic (exact) mass is 449 g/mol. The van der Waals surface area contributed by atoms with Crippen LogP contribution in [0.3, 0.4) is 0 Å². The van der Waals surface area contributed by atoms with E-state index in [1.807, 2.05) is 74.0 Å². The number of hydrogen-bond acceptors (Lipinski definition) is 7. The van der Waals surface area contributed by atoms with Crippen LogP contribution in [0.2, 0.25) is 0 Å². The largest absolute Gasteiger partial charge is 0.494 e. The summed E-state index contributed by atoms with van der Waals surface area (Å²) in [4.78, 5) is 12.7. The van der Waals surface area contributed by atoms with E-state index >= 15 is 0 Å². The summed E-state index contributed by atoms with van der Waals surface area (Å²) in [6.07, 6.45) is 0. The van der Waals surface area contributed by atoms with Crippen molar-refractivity contribution in [2.24, 2.45) is 0 Å². The van der Waals surface area contributed by atoms with Gasteiger partial charge in [0.2, 0.25) is 11.1 Å². The molecule has 0 unspecified atom stereocenters. The Morgan fingerprint density at radius 2 is 1.81 bits per heavy atom. The number of nitrogens with zero attached hydrogens (tertiary/aromatic N) is 6. The second kappa shape index (κ2) is 9.23. The number of nitrogens with one attached hydrogen (secondary N) is 1. The summed E-state index contributed by atoms with van der Waals surface area (Å²) < 4.78 is 8.78. The van der Waals surface area contributed by atoms with Gasteiger partial charge in [-0.1, -0.05) is 41.6 Å². The van der Waals surface area contributed by atoms with Gasteiger partial charge in [0.25, 0.3) is 0 Å². The molecule has 10 heteroatoms. The third-order valence-electron chi connectivity index (χ3n) is 4.92. The number of hydrogen-bond donors (Lipinski definition) is 1. The molecule has 0 aliphatic carbocycles. The van der Waals surface area contributed by atoms with Crippen LogP contribution < -0.4 is 10.1 Å². The lowest BCUT2D eigenvalue weighted by Gasteiger charge is -2.09. The van der Waals surface area contributed by atoms with Gasteiger partial charge >= 0.3 is 0 Å². The van der Waals surface area contributed by atoms with E-state index in [1.165, 1.54) is 17.3 Å². The third kappa shape index (κ3) is 4.35. The van der Waals surface area contributed by atoms with Gasteiger partial charge < -0.3 is 10.1 Å². The zero-order chi connectivity index (χ0) is 22.7. The lowest BCUT2D eigenvalue weighted by Crippen LogP contribution is -2.16. The fourth-order valence-electron chi connectivity index (χ4n) is 3.29. The zero-order valence-corrected chi connectivity index (χ0v) is 19.1. The molecular formula is C22H23N7O2S. The highest BCUT2D eigenvalue weighted by atomic mass is 32.2. The van der Waals surface area contributed by atoms with Gasteiger partial charge in [-0.2, -0.15) is 9.78 Å². The molecule has 0 bridgehead atoms. The molecule has 0 atom stereocenters. The van der Waals surface area contributed by atoms with E-state index in [1.54, 1.807) is 11.8 Å². The second-order valence-electron chi connectivity index (χ2n) is 7.18. The predicted molar refractivity (Wildman–Crippen MR) is 123 cm³/mol. The Morgan fingerprint density at radius 3 is 2.56 bits per heavy atom. The zero-order valence-electron chi connectivity index (χ0n) is 18.2. The summed E-state index contributed by atoms with van der Waals surface area (Å²) in [6.45, 7) is 5.85. The molecule has 0 radical (unpaired) electrons. The number of carbonyl (C=O) groups is 1. The van der Waals surface area contributed by atoms with Crippen molar-refractivity contribution in [3.05, 3.63) is 65.5 Å². The summed E-state index contributed by atoms with van der Waals surface area (Å²) in [5, 5.41) is 19.9. The highest BCUT2D eigenvalue weighted by Crippen LogP contribution is 2.27. The Balaban J connectivity index is 1.47. The van der Waals surface area contributed by atoms with E-state index in [-0.39, 0.29) is 11.7 Å². The summed E-state index contributed by atoms with van der Waals surface area (Å²) in [7, 11) is 1.59. The number of ether oxygens (including phenoxy) is 1. The van der Waals surface area contributed by atoms with Crippen LogP contribution in [0.15, 0.2) is 53.7 Å². The van der Waals surface area contributed by atoms with Gasteiger partial charge in [-0.05, 0) is 55.5 Å². The minimum atomic E-state index is -0.167. The van der Waals surface area contributed by atoms with Crippen LogP contribution in [0.1, 0.15) is 17.0 Å². The quantitative estimate of drug-likeness (QED) is 0.431. The molecule has 2 aromatic carbocycles. The molecule has 1 amide bonds. The van der Waals surface area contributed by atoms with Crippen molar-refractivity contribution in [3.8, 4) is 17.1 Å². The SMILES string of the molecule is COc1ccccc1-n1nnnc1SCC(=O)Nc1c(C)nn(-c2ccc(C)cc2)c1C. The number of benzene rings is 2. The molecule has 0 aliphatic heterocycles. The average Bonchev–Trinajstić information content (AvgIpc) is 3.38. The molecule has 4 aromatic rings. The van der Waals surface area contributed by atoms with Gasteiger partial charge in [-0.3, -0.25) is 4.79 Å². The first-order chi connectivity index (χ1) is 15.5. The van der Waals surface area contributed by atoms with Crippen LogP contribution in [0.5, 0.6) is 5.75 Å². The second-order valence-corrected chi connectivity index (χ2v) is 8.12. The van der Waals surface area contributed by atoms with Gasteiger partial charge in [0.1, 0.15) is 11.4 Å². The van der Waals surface area contributed by atoms with E-state index in [4.69, 9.17) is 4.74 Å². The van der Waals surface area contributed by atoms with E-state index < -0.39 is 0 Å². The van der Waals surface area contributed by atoms with Crippen LogP contribution in [0.4, 0.5) is 5.69 Å². The average molecular weight is 450 g/mol. The molecular weight excluding hydrogens is 426 g/mol. The maximum atomic E-state index is 12.7. The van der Waals surface area contributed by atoms with Crippen LogP contribution >= 0.6 is 11.8 Å². The first kappa shape index (κ1) is 21.6. The molecule has 0 fully saturated rings. The predicted octanol–water partition coefficient (Wildman–Crippen LogP) is 3.51. The summed E-state index contributed by atoms with van der Waals surface area (Å²) in [6, 6.07) is 15.5. The molecule has 164 valence electrons. The van der Waals surface area contributed by atoms with Gasteiger partial charge in [0.15, 0.2) is 0 Å². The number of amides is 1. The molecule has 9 nitrogen and oxygen atoms in total. The van der Waals surface area contributed by atoms with E-state index in [0.717, 1.165) is 17.1 Å². The van der Waals surface area contributed by atoms with Crippen molar-refractivity contribution in [1.29, 1.82) is 0 Å². The smallest absolute Gasteiger partial charge is 0.234 e. The maximum absolute atomic E-state index is 12.7. The lowest BCUT2D eigenvalue weighted by atomic mass is 10.2. The van der Waals surface area contributed by atoms with Crippen molar-refractivity contribution in [2.45, 2.75) is 25.9 Å². The van der Waals surface area contributed by atoms with E-state index in [2.05, 4.69) is 25.9 Å². The maximum Gasteiger partial charge on any atom is 0.234 e. The van der Waals surface area contributed by atoms with Crippen molar-refractivity contribution < 1.29 is 9.53 Å². The number of carbonyl (C=O) groups excluding carboxylic acids is 1. The number of aromatic nitrogens is 6. The van der Waals surface area contributed by atoms with Crippen molar-refractivity contribution in [2.75, 3.05) is 18.2 Å². The van der Waals surface area contributed by atoms with Gasteiger partial charge in [0.05, 0.1) is 35.6 Å². The molecule has 0 saturated carbocycles. The summed E-state index contributed by atoms with van der Waals surface area (Å²) in [5.41, 5.74) is 5.15. The minimum absolute atomic E-state index is 0.143. The Labute approximate surface area is 189 Å². The van der Waals surface area contributed by atoms with Gasteiger partial charge in [-0.15, -0.1) is 5.10 Å². The molecule has 4 rings (SSSR count). The minimum Gasteiger partial charge on any atom is -0.494 e.